The summed E-state index contributed by atoms with van der Waals surface area (Å²) in [6.45, 7) is 1.77. The maximum atomic E-state index is 13.0. The lowest BCUT2D eigenvalue weighted by Gasteiger charge is -2.21. The molecule has 0 bridgehead atoms. The van der Waals surface area contributed by atoms with Gasteiger partial charge in [0.2, 0.25) is 5.91 Å². The molecule has 1 aromatic carbocycles. The fourth-order valence-electron chi connectivity index (χ4n) is 2.31. The van der Waals surface area contributed by atoms with Crippen LogP contribution in [0.3, 0.4) is 0 Å². The molecule has 0 unspecified atom stereocenters. The van der Waals surface area contributed by atoms with Crippen LogP contribution in [0, 0.1) is 21.8 Å². The maximum absolute atomic E-state index is 13.0. The third-order valence-corrected chi connectivity index (χ3v) is 3.36. The molecule has 0 radical (unpaired) electrons. The van der Waals surface area contributed by atoms with Crippen LogP contribution in [-0.4, -0.2) is 23.9 Å². The van der Waals surface area contributed by atoms with Gasteiger partial charge in [0.05, 0.1) is 11.0 Å². The quantitative estimate of drug-likeness (QED) is 0.653. The standard InChI is InChI=1S/C13H16FN3O3/c14-10-1-2-11(12(8-10)17(19)20)16-13(18)7-9-3-5-15-6-4-9/h1-2,8-9,15H,3-7H2,(H,16,18). The predicted molar refractivity (Wildman–Crippen MR) is 71.9 cm³/mol. The Hall–Kier alpha value is -2.02. The van der Waals surface area contributed by atoms with Gasteiger partial charge in [-0.3, -0.25) is 14.9 Å². The average molecular weight is 281 g/mol. The highest BCUT2D eigenvalue weighted by Gasteiger charge is 2.20. The van der Waals surface area contributed by atoms with Crippen molar-refractivity contribution in [3.05, 3.63) is 34.1 Å². The lowest BCUT2D eigenvalue weighted by Crippen LogP contribution is -2.30. The molecule has 0 aromatic heterocycles. The average Bonchev–Trinajstić information content (AvgIpc) is 2.41. The van der Waals surface area contributed by atoms with E-state index in [1.807, 2.05) is 0 Å². The van der Waals surface area contributed by atoms with Crippen molar-refractivity contribution in [2.24, 2.45) is 5.92 Å². The van der Waals surface area contributed by atoms with Crippen LogP contribution in [0.1, 0.15) is 19.3 Å². The van der Waals surface area contributed by atoms with Gasteiger partial charge in [0.25, 0.3) is 5.69 Å². The van der Waals surface area contributed by atoms with E-state index in [1.165, 1.54) is 6.07 Å². The molecule has 1 aliphatic rings. The fourth-order valence-corrected chi connectivity index (χ4v) is 2.31. The zero-order chi connectivity index (χ0) is 14.5. The summed E-state index contributed by atoms with van der Waals surface area (Å²) in [5, 5.41) is 16.5. The third kappa shape index (κ3) is 3.74. The third-order valence-electron chi connectivity index (χ3n) is 3.36. The second kappa shape index (κ2) is 6.42. The highest BCUT2D eigenvalue weighted by molar-refractivity contribution is 5.93. The molecule has 20 heavy (non-hydrogen) atoms. The first-order valence-electron chi connectivity index (χ1n) is 6.51. The number of amides is 1. The van der Waals surface area contributed by atoms with E-state index < -0.39 is 16.4 Å². The monoisotopic (exact) mass is 281 g/mol. The molecule has 1 fully saturated rings. The Morgan fingerprint density at radius 3 is 2.80 bits per heavy atom. The molecule has 1 aliphatic heterocycles. The van der Waals surface area contributed by atoms with E-state index >= 15 is 0 Å². The molecule has 1 heterocycles. The Kier molecular flexibility index (Phi) is 4.62. The van der Waals surface area contributed by atoms with Gasteiger partial charge in [-0.2, -0.15) is 0 Å². The molecule has 0 saturated carbocycles. The Balaban J connectivity index is 2.01. The van der Waals surface area contributed by atoms with E-state index in [2.05, 4.69) is 10.6 Å². The molecular weight excluding hydrogens is 265 g/mol. The number of hydrogen-bond donors (Lipinski definition) is 2. The SMILES string of the molecule is O=C(CC1CCNCC1)Nc1ccc(F)cc1[N+](=O)[O-]. The molecule has 1 saturated heterocycles. The molecule has 6 nitrogen and oxygen atoms in total. The van der Waals surface area contributed by atoms with Gasteiger partial charge in [0.15, 0.2) is 0 Å². The molecule has 0 atom stereocenters. The topological polar surface area (TPSA) is 84.3 Å². The van der Waals surface area contributed by atoms with Crippen LogP contribution in [0.4, 0.5) is 15.8 Å². The highest BCUT2D eigenvalue weighted by Crippen LogP contribution is 2.26. The largest absolute Gasteiger partial charge is 0.320 e. The number of benzene rings is 1. The maximum Gasteiger partial charge on any atom is 0.295 e. The van der Waals surface area contributed by atoms with Gasteiger partial charge >= 0.3 is 0 Å². The van der Waals surface area contributed by atoms with Crippen LogP contribution in [0.5, 0.6) is 0 Å². The first kappa shape index (κ1) is 14.4. The lowest BCUT2D eigenvalue weighted by atomic mass is 9.94. The van der Waals surface area contributed by atoms with Crippen LogP contribution >= 0.6 is 0 Å². The number of rotatable bonds is 4. The Bertz CT molecular complexity index is 516. The number of carbonyl (C=O) groups excluding carboxylic acids is 1. The van der Waals surface area contributed by atoms with Gasteiger partial charge in [-0.05, 0) is 44.0 Å². The summed E-state index contributed by atoms with van der Waals surface area (Å²) in [6.07, 6.45) is 2.16. The van der Waals surface area contributed by atoms with Gasteiger partial charge in [0.1, 0.15) is 11.5 Å². The summed E-state index contributed by atoms with van der Waals surface area (Å²) < 4.78 is 13.0. The van der Waals surface area contributed by atoms with Crippen LogP contribution in [-0.2, 0) is 4.79 Å². The second-order valence-electron chi connectivity index (χ2n) is 4.86. The molecule has 0 spiro atoms. The number of anilines is 1. The number of piperidine rings is 1. The minimum absolute atomic E-state index is 0.0373. The molecule has 1 aromatic rings. The zero-order valence-electron chi connectivity index (χ0n) is 10.9. The van der Waals surface area contributed by atoms with Crippen molar-refractivity contribution in [1.82, 2.24) is 5.32 Å². The minimum Gasteiger partial charge on any atom is -0.320 e. The van der Waals surface area contributed by atoms with Crippen LogP contribution in [0.15, 0.2) is 18.2 Å². The molecule has 108 valence electrons. The normalized spacial score (nSPS) is 15.8. The van der Waals surface area contributed by atoms with Gasteiger partial charge in [-0.1, -0.05) is 0 Å². The van der Waals surface area contributed by atoms with Crippen molar-refractivity contribution in [3.8, 4) is 0 Å². The Morgan fingerprint density at radius 2 is 2.15 bits per heavy atom. The number of nitrogens with zero attached hydrogens (tertiary/aromatic N) is 1. The number of nitro groups is 1. The number of nitro benzene ring substituents is 1. The van der Waals surface area contributed by atoms with Gasteiger partial charge in [-0.15, -0.1) is 0 Å². The van der Waals surface area contributed by atoms with Crippen LogP contribution < -0.4 is 10.6 Å². The van der Waals surface area contributed by atoms with E-state index in [1.54, 1.807) is 0 Å². The van der Waals surface area contributed by atoms with E-state index in [9.17, 15) is 19.3 Å². The second-order valence-corrected chi connectivity index (χ2v) is 4.86. The molecule has 0 aliphatic carbocycles. The Labute approximate surface area is 115 Å². The lowest BCUT2D eigenvalue weighted by molar-refractivity contribution is -0.384. The summed E-state index contributed by atoms with van der Waals surface area (Å²) in [5.41, 5.74) is -0.390. The highest BCUT2D eigenvalue weighted by atomic mass is 19.1. The molecule has 1 amide bonds. The predicted octanol–water partition coefficient (Wildman–Crippen LogP) is 2.06. The first-order chi connectivity index (χ1) is 9.56. The first-order valence-corrected chi connectivity index (χ1v) is 6.51. The summed E-state index contributed by atoms with van der Waals surface area (Å²) in [4.78, 5) is 22.0. The van der Waals surface area contributed by atoms with Gasteiger partial charge < -0.3 is 10.6 Å². The van der Waals surface area contributed by atoms with E-state index in [4.69, 9.17) is 0 Å². The fraction of sp³-hybridized carbons (Fsp3) is 0.462. The Morgan fingerprint density at radius 1 is 1.45 bits per heavy atom. The van der Waals surface area contributed by atoms with Gasteiger partial charge in [0, 0.05) is 6.42 Å². The molecule has 2 rings (SSSR count). The number of halogens is 1. The molecule has 2 N–H and O–H groups in total. The van der Waals surface area contributed by atoms with Crippen molar-refractivity contribution in [3.63, 3.8) is 0 Å². The van der Waals surface area contributed by atoms with E-state index in [0.717, 1.165) is 38.1 Å². The van der Waals surface area contributed by atoms with Crippen molar-refractivity contribution in [2.75, 3.05) is 18.4 Å². The van der Waals surface area contributed by atoms with Crippen molar-refractivity contribution in [1.29, 1.82) is 0 Å². The van der Waals surface area contributed by atoms with Crippen molar-refractivity contribution >= 4 is 17.3 Å². The smallest absolute Gasteiger partial charge is 0.295 e. The van der Waals surface area contributed by atoms with Crippen LogP contribution in [0.2, 0.25) is 0 Å². The number of nitrogens with one attached hydrogen (secondary N) is 2. The molecular formula is C13H16FN3O3. The van der Waals surface area contributed by atoms with E-state index in [0.29, 0.717) is 6.42 Å². The van der Waals surface area contributed by atoms with E-state index in [-0.39, 0.29) is 17.5 Å². The summed E-state index contributed by atoms with van der Waals surface area (Å²) in [5.74, 6) is -0.685. The molecule has 7 heteroatoms. The summed E-state index contributed by atoms with van der Waals surface area (Å²) >= 11 is 0. The van der Waals surface area contributed by atoms with Gasteiger partial charge in [-0.25, -0.2) is 4.39 Å². The minimum atomic E-state index is -0.705. The van der Waals surface area contributed by atoms with Crippen LogP contribution in [0.25, 0.3) is 0 Å². The number of carbonyl (C=O) groups is 1. The summed E-state index contributed by atoms with van der Waals surface area (Å²) in [7, 11) is 0. The van der Waals surface area contributed by atoms with Crippen molar-refractivity contribution < 1.29 is 14.1 Å². The number of hydrogen-bond acceptors (Lipinski definition) is 4. The van der Waals surface area contributed by atoms with Crippen molar-refractivity contribution in [2.45, 2.75) is 19.3 Å². The zero-order valence-corrected chi connectivity index (χ0v) is 10.9. The summed E-state index contributed by atoms with van der Waals surface area (Å²) in [6, 6.07) is 3.11.